The van der Waals surface area contributed by atoms with Gasteiger partial charge < -0.3 is 25.2 Å². The van der Waals surface area contributed by atoms with Crippen molar-refractivity contribution < 1.29 is 29.0 Å². The molecule has 0 bridgehead atoms. The average molecular weight is 467 g/mol. The number of rotatable bonds is 8. The minimum atomic E-state index is -1.09. The average Bonchev–Trinajstić information content (AvgIpc) is 3.18. The highest BCUT2D eigenvalue weighted by Crippen LogP contribution is 2.44. The fraction of sp³-hybridized carbons (Fsp3) is 0.423. The third-order valence-corrected chi connectivity index (χ3v) is 6.73. The molecule has 180 valence electrons. The molecule has 0 spiro atoms. The summed E-state index contributed by atoms with van der Waals surface area (Å²) in [5, 5.41) is 14.6. The van der Waals surface area contributed by atoms with Crippen molar-refractivity contribution in [2.75, 3.05) is 26.4 Å². The molecule has 2 unspecified atom stereocenters. The molecule has 8 heteroatoms. The lowest BCUT2D eigenvalue weighted by Crippen LogP contribution is -2.56. The summed E-state index contributed by atoms with van der Waals surface area (Å²) < 4.78 is 11.1. The van der Waals surface area contributed by atoms with Crippen molar-refractivity contribution in [3.63, 3.8) is 0 Å². The van der Waals surface area contributed by atoms with Crippen molar-refractivity contribution in [2.45, 2.75) is 38.1 Å². The van der Waals surface area contributed by atoms with E-state index in [0.717, 1.165) is 22.3 Å². The van der Waals surface area contributed by atoms with Crippen molar-refractivity contribution in [3.8, 4) is 11.1 Å². The molecule has 34 heavy (non-hydrogen) atoms. The highest BCUT2D eigenvalue weighted by atomic mass is 16.5. The Hall–Kier alpha value is -3.39. The number of benzene rings is 2. The zero-order valence-corrected chi connectivity index (χ0v) is 19.2. The number of fused-ring (bicyclic) bond motifs is 3. The summed E-state index contributed by atoms with van der Waals surface area (Å²) in [6, 6.07) is 15.2. The fourth-order valence-corrected chi connectivity index (χ4v) is 4.79. The molecule has 0 aromatic heterocycles. The Bertz CT molecular complexity index is 1020. The first-order valence-electron chi connectivity index (χ1n) is 11.7. The van der Waals surface area contributed by atoms with Crippen LogP contribution in [0.15, 0.2) is 48.5 Å². The van der Waals surface area contributed by atoms with E-state index in [1.54, 1.807) is 6.92 Å². The standard InChI is InChI=1S/C26H30N2O6/c1-2-22(23(29)30)28-24(31)26(12-7-13-33-16-26)15-27-25(32)34-14-21-19-10-5-3-8-17(19)18-9-4-6-11-20(18)21/h3-6,8-11,21-22H,2,7,12-16H2,1H3,(H,27,32)(H,28,31)(H,29,30). The molecule has 2 atom stereocenters. The summed E-state index contributed by atoms with van der Waals surface area (Å²) in [7, 11) is 0. The minimum absolute atomic E-state index is 0.00552. The molecule has 1 heterocycles. The number of hydrogen-bond donors (Lipinski definition) is 3. The van der Waals surface area contributed by atoms with Gasteiger partial charge in [0.05, 0.1) is 12.0 Å². The van der Waals surface area contributed by atoms with Gasteiger partial charge in [0.1, 0.15) is 12.6 Å². The second kappa shape index (κ2) is 10.3. The molecular formula is C26H30N2O6. The van der Waals surface area contributed by atoms with E-state index in [2.05, 4.69) is 22.8 Å². The third-order valence-electron chi connectivity index (χ3n) is 6.73. The number of carboxylic acid groups (broad SMARTS) is 1. The van der Waals surface area contributed by atoms with Crippen LogP contribution in [-0.4, -0.2) is 55.5 Å². The highest BCUT2D eigenvalue weighted by Gasteiger charge is 2.42. The topological polar surface area (TPSA) is 114 Å². The Kier molecular flexibility index (Phi) is 7.17. The molecule has 3 N–H and O–H groups in total. The van der Waals surface area contributed by atoms with E-state index in [-0.39, 0.29) is 32.1 Å². The first kappa shape index (κ1) is 23.8. The van der Waals surface area contributed by atoms with Gasteiger partial charge in [-0.2, -0.15) is 0 Å². The number of ether oxygens (including phenoxy) is 2. The molecule has 2 aromatic rings. The molecule has 1 saturated heterocycles. The van der Waals surface area contributed by atoms with E-state index in [1.165, 1.54) is 0 Å². The van der Waals surface area contributed by atoms with Gasteiger partial charge in [0.15, 0.2) is 0 Å². The Labute approximate surface area is 198 Å². The Morgan fingerprint density at radius 2 is 1.76 bits per heavy atom. The number of alkyl carbamates (subject to hydrolysis) is 1. The lowest BCUT2D eigenvalue weighted by atomic mass is 9.81. The normalized spacial score (nSPS) is 20.0. The van der Waals surface area contributed by atoms with Gasteiger partial charge in [-0.15, -0.1) is 0 Å². The largest absolute Gasteiger partial charge is 0.480 e. The quantitative estimate of drug-likeness (QED) is 0.550. The van der Waals surface area contributed by atoms with Crippen LogP contribution < -0.4 is 10.6 Å². The molecule has 1 fully saturated rings. The summed E-state index contributed by atoms with van der Waals surface area (Å²) in [6.45, 7) is 2.50. The van der Waals surface area contributed by atoms with Crippen LogP contribution in [-0.2, 0) is 19.1 Å². The highest BCUT2D eigenvalue weighted by molar-refractivity contribution is 5.88. The Morgan fingerprint density at radius 1 is 1.12 bits per heavy atom. The van der Waals surface area contributed by atoms with Gasteiger partial charge in [0.25, 0.3) is 0 Å². The molecule has 8 nitrogen and oxygen atoms in total. The summed E-state index contributed by atoms with van der Waals surface area (Å²) in [5.74, 6) is -1.58. The van der Waals surface area contributed by atoms with Crippen LogP contribution in [0.4, 0.5) is 4.79 Å². The van der Waals surface area contributed by atoms with Gasteiger partial charge in [-0.05, 0) is 41.5 Å². The summed E-state index contributed by atoms with van der Waals surface area (Å²) in [4.78, 5) is 37.0. The maximum atomic E-state index is 13.0. The number of aliphatic carboxylic acids is 1. The molecular weight excluding hydrogens is 436 g/mol. The smallest absolute Gasteiger partial charge is 0.407 e. The molecule has 1 aliphatic carbocycles. The number of carbonyl (C=O) groups is 3. The van der Waals surface area contributed by atoms with Crippen LogP contribution in [0.2, 0.25) is 0 Å². The maximum Gasteiger partial charge on any atom is 0.407 e. The van der Waals surface area contributed by atoms with E-state index in [4.69, 9.17) is 9.47 Å². The van der Waals surface area contributed by atoms with Gasteiger partial charge in [-0.3, -0.25) is 4.79 Å². The van der Waals surface area contributed by atoms with E-state index in [0.29, 0.717) is 19.4 Å². The second-order valence-electron chi connectivity index (χ2n) is 8.89. The van der Waals surface area contributed by atoms with Crippen LogP contribution in [0, 0.1) is 5.41 Å². The molecule has 2 amide bonds. The van der Waals surface area contributed by atoms with Crippen LogP contribution >= 0.6 is 0 Å². The van der Waals surface area contributed by atoms with Crippen molar-refractivity contribution >= 4 is 18.0 Å². The van der Waals surface area contributed by atoms with E-state index < -0.39 is 29.4 Å². The zero-order valence-electron chi connectivity index (χ0n) is 19.2. The van der Waals surface area contributed by atoms with E-state index in [9.17, 15) is 19.5 Å². The van der Waals surface area contributed by atoms with E-state index in [1.807, 2.05) is 36.4 Å². The number of hydrogen-bond acceptors (Lipinski definition) is 5. The number of nitrogens with one attached hydrogen (secondary N) is 2. The third kappa shape index (κ3) is 4.77. The maximum absolute atomic E-state index is 13.0. The van der Waals surface area contributed by atoms with Crippen molar-refractivity contribution in [1.82, 2.24) is 10.6 Å². The van der Waals surface area contributed by atoms with Crippen LogP contribution in [0.3, 0.4) is 0 Å². The zero-order chi connectivity index (χ0) is 24.1. The van der Waals surface area contributed by atoms with Gasteiger partial charge in [-0.25, -0.2) is 9.59 Å². The van der Waals surface area contributed by atoms with Gasteiger partial charge in [-0.1, -0.05) is 55.5 Å². The van der Waals surface area contributed by atoms with Gasteiger partial charge in [0, 0.05) is 19.1 Å². The van der Waals surface area contributed by atoms with Crippen molar-refractivity contribution in [1.29, 1.82) is 0 Å². The molecule has 2 aromatic carbocycles. The number of carboxylic acids is 1. The van der Waals surface area contributed by atoms with Gasteiger partial charge >= 0.3 is 12.1 Å². The summed E-state index contributed by atoms with van der Waals surface area (Å²) in [6.07, 6.45) is 0.768. The second-order valence-corrected chi connectivity index (χ2v) is 8.89. The number of carbonyl (C=O) groups excluding carboxylic acids is 2. The van der Waals surface area contributed by atoms with Crippen molar-refractivity contribution in [2.24, 2.45) is 5.41 Å². The fourth-order valence-electron chi connectivity index (χ4n) is 4.79. The lowest BCUT2D eigenvalue weighted by molar-refractivity contribution is -0.147. The first-order valence-corrected chi connectivity index (χ1v) is 11.7. The summed E-state index contributed by atoms with van der Waals surface area (Å²) in [5.41, 5.74) is 3.49. The lowest BCUT2D eigenvalue weighted by Gasteiger charge is -2.36. The predicted octanol–water partition coefficient (Wildman–Crippen LogP) is 3.30. The monoisotopic (exact) mass is 466 g/mol. The molecule has 1 aliphatic heterocycles. The number of amides is 2. The molecule has 0 saturated carbocycles. The molecule has 0 radical (unpaired) electrons. The van der Waals surface area contributed by atoms with Crippen LogP contribution in [0.5, 0.6) is 0 Å². The first-order chi connectivity index (χ1) is 16.4. The Morgan fingerprint density at radius 3 is 2.32 bits per heavy atom. The SMILES string of the molecule is CCC(NC(=O)C1(CNC(=O)OCC2c3ccccc3-c3ccccc32)CCCOC1)C(=O)O. The van der Waals surface area contributed by atoms with Crippen molar-refractivity contribution in [3.05, 3.63) is 59.7 Å². The minimum Gasteiger partial charge on any atom is -0.480 e. The van der Waals surface area contributed by atoms with Crippen LogP contribution in [0.1, 0.15) is 43.2 Å². The predicted molar refractivity (Wildman–Crippen MR) is 125 cm³/mol. The van der Waals surface area contributed by atoms with Crippen LogP contribution in [0.25, 0.3) is 11.1 Å². The Balaban J connectivity index is 1.39. The summed E-state index contributed by atoms with van der Waals surface area (Å²) >= 11 is 0. The molecule has 4 rings (SSSR count). The van der Waals surface area contributed by atoms with Gasteiger partial charge in [0.2, 0.25) is 5.91 Å². The van der Waals surface area contributed by atoms with E-state index >= 15 is 0 Å². The molecule has 2 aliphatic rings.